The molecule has 1 aliphatic heterocycles. The number of hydrogen-bond donors (Lipinski definition) is 0. The summed E-state index contributed by atoms with van der Waals surface area (Å²) in [4.78, 5) is 27.4. The van der Waals surface area contributed by atoms with E-state index in [1.165, 1.54) is 5.56 Å². The normalized spacial score (nSPS) is 18.9. The van der Waals surface area contributed by atoms with E-state index in [9.17, 15) is 4.79 Å². The number of pyridine rings is 2. The first-order valence-electron chi connectivity index (χ1n) is 8.59. The van der Waals surface area contributed by atoms with E-state index >= 15 is 0 Å². The van der Waals surface area contributed by atoms with Crippen LogP contribution >= 0.6 is 0 Å². The lowest BCUT2D eigenvalue weighted by Crippen LogP contribution is -2.58. The van der Waals surface area contributed by atoms with E-state index in [1.54, 1.807) is 17.3 Å². The Hall–Kier alpha value is -2.31. The molecular formula is C19H25N5O. The van der Waals surface area contributed by atoms with Crippen LogP contribution < -0.4 is 0 Å². The summed E-state index contributed by atoms with van der Waals surface area (Å²) in [5.41, 5.74) is 2.32. The number of aromatic nitrogens is 2. The molecule has 3 heterocycles. The minimum absolute atomic E-state index is 0.138. The van der Waals surface area contributed by atoms with Crippen LogP contribution in [-0.2, 0) is 17.9 Å². The van der Waals surface area contributed by atoms with Gasteiger partial charge in [0.15, 0.2) is 0 Å². The Balaban J connectivity index is 1.71. The summed E-state index contributed by atoms with van der Waals surface area (Å²) >= 11 is 0. The van der Waals surface area contributed by atoms with E-state index in [0.717, 1.165) is 38.3 Å². The largest absolute Gasteiger partial charge is 0.347 e. The van der Waals surface area contributed by atoms with Gasteiger partial charge in [-0.05, 0) is 23.3 Å². The van der Waals surface area contributed by atoms with Crippen LogP contribution in [0.5, 0.6) is 0 Å². The highest BCUT2D eigenvalue weighted by atomic mass is 16.2. The van der Waals surface area contributed by atoms with E-state index < -0.39 is 0 Å². The van der Waals surface area contributed by atoms with Crippen LogP contribution in [0.4, 0.5) is 0 Å². The lowest BCUT2D eigenvalue weighted by molar-refractivity contribution is -0.137. The predicted octanol–water partition coefficient (Wildman–Crippen LogP) is 1.25. The van der Waals surface area contributed by atoms with Crippen molar-refractivity contribution in [2.24, 2.45) is 0 Å². The standard InChI is InChI=1S/C19H25N5O/c1-22(2)19(25)18-15-23(13-16-5-3-7-20-11-16)9-10-24(18)14-17-6-4-8-21-12-17/h3-8,11-12,18H,9-10,13-15H2,1-2H3. The molecule has 0 N–H and O–H groups in total. The van der Waals surface area contributed by atoms with E-state index in [2.05, 4.69) is 31.9 Å². The van der Waals surface area contributed by atoms with Gasteiger partial charge in [0.2, 0.25) is 5.91 Å². The minimum Gasteiger partial charge on any atom is -0.347 e. The second kappa shape index (κ2) is 8.18. The quantitative estimate of drug-likeness (QED) is 0.821. The summed E-state index contributed by atoms with van der Waals surface area (Å²) in [6.45, 7) is 4.10. The summed E-state index contributed by atoms with van der Waals surface area (Å²) in [7, 11) is 3.65. The number of rotatable bonds is 5. The van der Waals surface area contributed by atoms with Crippen LogP contribution in [0.1, 0.15) is 11.1 Å². The summed E-state index contributed by atoms with van der Waals surface area (Å²) in [6, 6.07) is 7.90. The molecule has 0 aliphatic carbocycles. The Morgan fingerprint density at radius 1 is 1.08 bits per heavy atom. The average molecular weight is 339 g/mol. The molecule has 6 nitrogen and oxygen atoms in total. The van der Waals surface area contributed by atoms with Gasteiger partial charge in [-0.25, -0.2) is 0 Å². The number of amides is 1. The molecule has 0 spiro atoms. The summed E-state index contributed by atoms with van der Waals surface area (Å²) in [6.07, 6.45) is 7.33. The monoisotopic (exact) mass is 339 g/mol. The first-order chi connectivity index (χ1) is 12.1. The summed E-state index contributed by atoms with van der Waals surface area (Å²) in [5.74, 6) is 0.153. The Kier molecular flexibility index (Phi) is 5.73. The van der Waals surface area contributed by atoms with Crippen molar-refractivity contribution in [2.75, 3.05) is 33.7 Å². The molecule has 0 radical (unpaired) electrons. The van der Waals surface area contributed by atoms with Crippen LogP contribution in [0.2, 0.25) is 0 Å². The molecule has 0 bridgehead atoms. The highest BCUT2D eigenvalue weighted by molar-refractivity contribution is 5.81. The van der Waals surface area contributed by atoms with E-state index in [1.807, 2.05) is 38.6 Å². The fourth-order valence-corrected chi connectivity index (χ4v) is 3.22. The number of carbonyl (C=O) groups excluding carboxylic acids is 1. The molecular weight excluding hydrogens is 314 g/mol. The summed E-state index contributed by atoms with van der Waals surface area (Å²) in [5, 5.41) is 0. The number of likely N-dealkylation sites (N-methyl/N-ethyl adjacent to an activating group) is 1. The molecule has 1 amide bonds. The van der Waals surface area contributed by atoms with Gasteiger partial charge in [0.05, 0.1) is 0 Å². The Morgan fingerprint density at radius 2 is 1.72 bits per heavy atom. The zero-order chi connectivity index (χ0) is 17.6. The van der Waals surface area contributed by atoms with Crippen LogP contribution in [0, 0.1) is 0 Å². The van der Waals surface area contributed by atoms with Gasteiger partial charge in [-0.1, -0.05) is 12.1 Å². The minimum atomic E-state index is -0.138. The fraction of sp³-hybridized carbons (Fsp3) is 0.421. The lowest BCUT2D eigenvalue weighted by Gasteiger charge is -2.41. The van der Waals surface area contributed by atoms with Gasteiger partial charge >= 0.3 is 0 Å². The highest BCUT2D eigenvalue weighted by Crippen LogP contribution is 2.17. The second-order valence-electron chi connectivity index (χ2n) is 6.68. The van der Waals surface area contributed by atoms with Crippen molar-refractivity contribution in [3.8, 4) is 0 Å². The van der Waals surface area contributed by atoms with Gasteiger partial charge in [-0.2, -0.15) is 0 Å². The Morgan fingerprint density at radius 3 is 2.28 bits per heavy atom. The third kappa shape index (κ3) is 4.61. The molecule has 1 saturated heterocycles. The van der Waals surface area contributed by atoms with Crippen molar-refractivity contribution in [3.63, 3.8) is 0 Å². The molecule has 25 heavy (non-hydrogen) atoms. The first-order valence-corrected chi connectivity index (χ1v) is 8.59. The van der Waals surface area contributed by atoms with Crippen LogP contribution in [0.25, 0.3) is 0 Å². The average Bonchev–Trinajstić information content (AvgIpc) is 2.64. The highest BCUT2D eigenvalue weighted by Gasteiger charge is 2.33. The molecule has 1 atom stereocenters. The third-order valence-electron chi connectivity index (χ3n) is 4.54. The van der Waals surface area contributed by atoms with Crippen LogP contribution in [0.15, 0.2) is 49.1 Å². The van der Waals surface area contributed by atoms with E-state index in [-0.39, 0.29) is 11.9 Å². The second-order valence-corrected chi connectivity index (χ2v) is 6.68. The van der Waals surface area contributed by atoms with Crippen molar-refractivity contribution in [2.45, 2.75) is 19.1 Å². The predicted molar refractivity (Wildman–Crippen MR) is 96.6 cm³/mol. The Labute approximate surface area is 149 Å². The maximum absolute atomic E-state index is 12.7. The molecule has 0 saturated carbocycles. The lowest BCUT2D eigenvalue weighted by atomic mass is 10.1. The molecule has 2 aromatic heterocycles. The maximum atomic E-state index is 12.7. The number of hydrogen-bond acceptors (Lipinski definition) is 5. The van der Waals surface area contributed by atoms with Gasteiger partial charge in [-0.3, -0.25) is 24.6 Å². The number of nitrogens with zero attached hydrogens (tertiary/aromatic N) is 5. The fourth-order valence-electron chi connectivity index (χ4n) is 3.22. The molecule has 132 valence electrons. The molecule has 1 aliphatic rings. The third-order valence-corrected chi connectivity index (χ3v) is 4.54. The smallest absolute Gasteiger partial charge is 0.240 e. The molecule has 0 aromatic carbocycles. The van der Waals surface area contributed by atoms with Gasteiger partial charge in [0.1, 0.15) is 6.04 Å². The SMILES string of the molecule is CN(C)C(=O)C1CN(Cc2cccnc2)CCN1Cc1cccnc1. The van der Waals surface area contributed by atoms with Gasteiger partial charge in [0.25, 0.3) is 0 Å². The summed E-state index contributed by atoms with van der Waals surface area (Å²) < 4.78 is 0. The van der Waals surface area contributed by atoms with Crippen LogP contribution in [-0.4, -0.2) is 70.3 Å². The molecule has 3 rings (SSSR count). The number of piperazine rings is 1. The molecule has 2 aromatic rings. The van der Waals surface area contributed by atoms with Gasteiger partial charge in [0, 0.05) is 71.6 Å². The molecule has 1 unspecified atom stereocenters. The van der Waals surface area contributed by atoms with Gasteiger partial charge < -0.3 is 4.90 Å². The van der Waals surface area contributed by atoms with Crippen molar-refractivity contribution >= 4 is 5.91 Å². The van der Waals surface area contributed by atoms with Crippen molar-refractivity contribution in [3.05, 3.63) is 60.2 Å². The maximum Gasteiger partial charge on any atom is 0.240 e. The zero-order valence-electron chi connectivity index (χ0n) is 14.9. The zero-order valence-corrected chi connectivity index (χ0v) is 14.9. The van der Waals surface area contributed by atoms with Crippen molar-refractivity contribution in [1.29, 1.82) is 0 Å². The molecule has 1 fully saturated rings. The molecule has 6 heteroatoms. The van der Waals surface area contributed by atoms with Gasteiger partial charge in [-0.15, -0.1) is 0 Å². The Bertz CT molecular complexity index is 677. The van der Waals surface area contributed by atoms with E-state index in [4.69, 9.17) is 0 Å². The van der Waals surface area contributed by atoms with Crippen LogP contribution in [0.3, 0.4) is 0 Å². The topological polar surface area (TPSA) is 52.6 Å². The van der Waals surface area contributed by atoms with Crippen molar-refractivity contribution < 1.29 is 4.79 Å². The van der Waals surface area contributed by atoms with Crippen molar-refractivity contribution in [1.82, 2.24) is 24.7 Å². The first kappa shape index (κ1) is 17.5. The van der Waals surface area contributed by atoms with E-state index in [0.29, 0.717) is 0 Å². The number of carbonyl (C=O) groups is 1.